The fourth-order valence-electron chi connectivity index (χ4n) is 2.21. The van der Waals surface area contributed by atoms with E-state index < -0.39 is 31.3 Å². The highest BCUT2D eigenvalue weighted by Crippen LogP contribution is 2.39. The van der Waals surface area contributed by atoms with E-state index in [2.05, 4.69) is 35.2 Å². The van der Waals surface area contributed by atoms with E-state index in [9.17, 15) is 14.2 Å². The maximum absolute atomic E-state index is 12.4. The maximum Gasteiger partial charge on any atom is 0.386 e. The van der Waals surface area contributed by atoms with Crippen LogP contribution in [0.1, 0.15) is 11.8 Å². The fraction of sp³-hybridized carbons (Fsp3) is 0.500. The number of H-pyrrole nitrogens is 1. The molecule has 148 valence electrons. The van der Waals surface area contributed by atoms with Gasteiger partial charge >= 0.3 is 13.4 Å². The van der Waals surface area contributed by atoms with Crippen LogP contribution in [0, 0.1) is 6.92 Å². The fourth-order valence-corrected chi connectivity index (χ4v) is 3.18. The van der Waals surface area contributed by atoms with Gasteiger partial charge in [-0.05, 0) is 18.5 Å². The van der Waals surface area contributed by atoms with Crippen molar-refractivity contribution in [3.05, 3.63) is 54.8 Å². The summed E-state index contributed by atoms with van der Waals surface area (Å²) in [6, 6.07) is 0. The zero-order valence-corrected chi connectivity index (χ0v) is 15.5. The van der Waals surface area contributed by atoms with Gasteiger partial charge in [-0.15, -0.1) is 10.5 Å². The van der Waals surface area contributed by atoms with Gasteiger partial charge < -0.3 is 9.26 Å². The van der Waals surface area contributed by atoms with E-state index in [1.807, 2.05) is 0 Å². The molecule has 14 nitrogen and oxygen atoms in total. The van der Waals surface area contributed by atoms with Gasteiger partial charge in [-0.3, -0.25) is 28.6 Å². The summed E-state index contributed by atoms with van der Waals surface area (Å²) in [5, 5.41) is 7.74. The van der Waals surface area contributed by atoms with E-state index in [-0.39, 0.29) is 17.9 Å². The summed E-state index contributed by atoms with van der Waals surface area (Å²) in [5.41, 5.74) is 7.89. The first-order valence-corrected chi connectivity index (χ1v) is 9.05. The van der Waals surface area contributed by atoms with Gasteiger partial charge in [0.1, 0.15) is 6.10 Å². The van der Waals surface area contributed by atoms with E-state index in [1.54, 1.807) is 0 Å². The summed E-state index contributed by atoms with van der Waals surface area (Å²) in [4.78, 5) is 37.5. The Morgan fingerprint density at radius 1 is 1.41 bits per heavy atom. The molecule has 0 saturated carbocycles. The average Bonchev–Trinajstić information content (AvgIpc) is 3.00. The van der Waals surface area contributed by atoms with E-state index in [4.69, 9.17) is 14.8 Å². The molecule has 27 heavy (non-hydrogen) atoms. The van der Waals surface area contributed by atoms with Crippen molar-refractivity contribution < 1.29 is 23.5 Å². The first-order chi connectivity index (χ1) is 12.8. The molecule has 0 bridgehead atoms. The highest BCUT2D eigenvalue weighted by Gasteiger charge is 2.32. The highest BCUT2D eigenvalue weighted by atomic mass is 31.2. The second kappa shape index (κ2) is 9.08. The van der Waals surface area contributed by atoms with Crippen LogP contribution >= 0.6 is 7.67 Å². The predicted octanol–water partition coefficient (Wildman–Crippen LogP) is 0.363. The number of hydrogen-bond donors (Lipinski definition) is 3. The van der Waals surface area contributed by atoms with Crippen molar-refractivity contribution in [3.63, 3.8) is 0 Å². The van der Waals surface area contributed by atoms with Crippen LogP contribution in [-0.4, -0.2) is 36.5 Å². The largest absolute Gasteiger partial charge is 0.386 e. The Labute approximate surface area is 152 Å². The Bertz CT molecular complexity index is 909. The van der Waals surface area contributed by atoms with E-state index >= 15 is 0 Å². The maximum atomic E-state index is 12.4. The molecular weight excluding hydrogens is 385 g/mol. The molecule has 3 N–H and O–H groups in total. The van der Waals surface area contributed by atoms with E-state index in [1.165, 1.54) is 33.4 Å². The number of aromatic nitrogens is 2. The summed E-state index contributed by atoms with van der Waals surface area (Å²) >= 11 is 0. The van der Waals surface area contributed by atoms with Gasteiger partial charge in [0, 0.05) is 22.4 Å². The minimum absolute atomic E-state index is 0.111. The lowest BCUT2D eigenvalue weighted by Crippen LogP contribution is -2.34. The van der Waals surface area contributed by atoms with Crippen molar-refractivity contribution in [2.75, 3.05) is 20.8 Å². The Balaban J connectivity index is 2.23. The van der Waals surface area contributed by atoms with Gasteiger partial charge in [0.25, 0.3) is 5.56 Å². The van der Waals surface area contributed by atoms with E-state index in [0.717, 1.165) is 4.57 Å². The van der Waals surface area contributed by atoms with Crippen LogP contribution in [0.25, 0.3) is 10.4 Å². The second-order valence-corrected chi connectivity index (χ2v) is 6.94. The summed E-state index contributed by atoms with van der Waals surface area (Å²) < 4.78 is 24.3. The molecule has 0 radical (unpaired) electrons. The standard InChI is InChI=1S/C12H18N7O7P/c1-7-5-19(12(21)14-11(7)20)10-4-8(15-16-13)9(26-10)6-25-27(22,17-23-2)18-24-3/h4-5,9-10H,6H2,1-3H3,(H,14,20,21)(H2,17,18,22). The Hall–Kier alpha value is -2.28. The minimum Gasteiger partial charge on any atom is -0.344 e. The topological polar surface area (TPSA) is 182 Å². The summed E-state index contributed by atoms with van der Waals surface area (Å²) in [6.45, 7) is 1.19. The number of ether oxygens (including phenoxy) is 1. The molecule has 1 aliphatic rings. The normalized spacial score (nSPS) is 19.6. The number of hydrogen-bond acceptors (Lipinski definition) is 8. The minimum atomic E-state index is -3.74. The van der Waals surface area contributed by atoms with Gasteiger partial charge in [-0.2, -0.15) is 0 Å². The monoisotopic (exact) mass is 403 g/mol. The number of nitrogens with one attached hydrogen (secondary N) is 3. The quantitative estimate of drug-likeness (QED) is 0.172. The average molecular weight is 403 g/mol. The molecule has 1 aromatic rings. The van der Waals surface area contributed by atoms with Crippen LogP contribution < -0.4 is 21.8 Å². The highest BCUT2D eigenvalue weighted by molar-refractivity contribution is 7.54. The van der Waals surface area contributed by atoms with Crippen molar-refractivity contribution in [1.82, 2.24) is 20.1 Å². The van der Waals surface area contributed by atoms with Crippen molar-refractivity contribution in [3.8, 4) is 0 Å². The molecule has 0 saturated heterocycles. The lowest BCUT2D eigenvalue weighted by molar-refractivity contribution is -0.0143. The van der Waals surface area contributed by atoms with Crippen molar-refractivity contribution in [2.45, 2.75) is 19.3 Å². The molecule has 1 aliphatic heterocycles. The summed E-state index contributed by atoms with van der Waals surface area (Å²) in [5.74, 6) is 0. The van der Waals surface area contributed by atoms with E-state index in [0.29, 0.717) is 0 Å². The molecule has 2 heterocycles. The van der Waals surface area contributed by atoms with Crippen LogP contribution in [-0.2, 0) is 23.5 Å². The molecular formula is C12H18N7O7P. The predicted molar refractivity (Wildman–Crippen MR) is 91.0 cm³/mol. The number of azide groups is 1. The Morgan fingerprint density at radius 3 is 2.67 bits per heavy atom. The zero-order chi connectivity index (χ0) is 20.0. The SMILES string of the molecule is CONP(=O)(NOC)OCC1OC(n2cc(C)c(=O)[nH]c2=O)C=C1N=[N+]=[N-]. The number of aryl methyl sites for hydroxylation is 1. The number of nitrogens with zero attached hydrogens (tertiary/aromatic N) is 4. The van der Waals surface area contributed by atoms with Gasteiger partial charge in [0.05, 0.1) is 20.8 Å². The second-order valence-electron chi connectivity index (χ2n) is 5.21. The van der Waals surface area contributed by atoms with Gasteiger partial charge in [0.15, 0.2) is 6.23 Å². The summed E-state index contributed by atoms with van der Waals surface area (Å²) in [7, 11) is -1.28. The molecule has 0 amide bonds. The van der Waals surface area contributed by atoms with Crippen LogP contribution in [0.5, 0.6) is 0 Å². The third kappa shape index (κ3) is 5.13. The smallest absolute Gasteiger partial charge is 0.344 e. The molecule has 2 rings (SSSR count). The van der Waals surface area contributed by atoms with Crippen LogP contribution in [0.2, 0.25) is 0 Å². The number of rotatable bonds is 9. The molecule has 1 aromatic heterocycles. The third-order valence-corrected chi connectivity index (χ3v) is 4.72. The molecule has 2 atom stereocenters. The van der Waals surface area contributed by atoms with Gasteiger partial charge in [-0.25, -0.2) is 4.79 Å². The molecule has 0 fully saturated rings. The van der Waals surface area contributed by atoms with Gasteiger partial charge in [0.2, 0.25) is 0 Å². The first-order valence-electron chi connectivity index (χ1n) is 7.43. The first kappa shape index (κ1) is 21.0. The van der Waals surface area contributed by atoms with Crippen molar-refractivity contribution >= 4 is 7.67 Å². The van der Waals surface area contributed by atoms with Crippen LogP contribution in [0.3, 0.4) is 0 Å². The molecule has 0 spiro atoms. The molecule has 0 aromatic carbocycles. The third-order valence-electron chi connectivity index (χ3n) is 3.36. The van der Waals surface area contributed by atoms with Crippen molar-refractivity contribution in [2.24, 2.45) is 5.11 Å². The number of aromatic amines is 1. The Kier molecular flexibility index (Phi) is 7.07. The zero-order valence-electron chi connectivity index (χ0n) is 14.6. The molecule has 2 unspecified atom stereocenters. The van der Waals surface area contributed by atoms with Crippen LogP contribution in [0.4, 0.5) is 0 Å². The summed E-state index contributed by atoms with van der Waals surface area (Å²) in [6.07, 6.45) is 0.775. The molecule has 15 heteroatoms. The van der Waals surface area contributed by atoms with Crippen molar-refractivity contribution in [1.29, 1.82) is 0 Å². The Morgan fingerprint density at radius 2 is 2.07 bits per heavy atom. The van der Waals surface area contributed by atoms with Crippen LogP contribution in [0.15, 0.2) is 32.7 Å². The lowest BCUT2D eigenvalue weighted by Gasteiger charge is -2.21. The molecule has 0 aliphatic carbocycles. The van der Waals surface area contributed by atoms with Gasteiger partial charge in [-0.1, -0.05) is 5.11 Å². The lowest BCUT2D eigenvalue weighted by atomic mass is 10.3.